The van der Waals surface area contributed by atoms with Gasteiger partial charge in [0.1, 0.15) is 0 Å². The van der Waals surface area contributed by atoms with Crippen molar-refractivity contribution in [3.8, 4) is 0 Å². The quantitative estimate of drug-likeness (QED) is 0.681. The predicted octanol–water partition coefficient (Wildman–Crippen LogP) is 5.02. The molecule has 2 aromatic carbocycles. The van der Waals surface area contributed by atoms with E-state index >= 15 is 0 Å². The lowest BCUT2D eigenvalue weighted by Crippen LogP contribution is -2.05. The van der Waals surface area contributed by atoms with Crippen LogP contribution in [0.4, 0.5) is 13.2 Å². The van der Waals surface area contributed by atoms with Crippen LogP contribution >= 0.6 is 0 Å². The summed E-state index contributed by atoms with van der Waals surface area (Å²) in [7, 11) is 0. The summed E-state index contributed by atoms with van der Waals surface area (Å²) < 4.78 is 37.5. The SMILES string of the molecule is C=CC(c1ccccc1)c1ccc(C(F)(F)F)cc1. The maximum Gasteiger partial charge on any atom is 0.416 e. The third-order valence-corrected chi connectivity index (χ3v) is 2.99. The van der Waals surface area contributed by atoms with E-state index in [-0.39, 0.29) is 5.92 Å². The Morgan fingerprint density at radius 3 is 1.84 bits per heavy atom. The van der Waals surface area contributed by atoms with E-state index in [1.807, 2.05) is 30.3 Å². The molecule has 0 spiro atoms. The Labute approximate surface area is 110 Å². The van der Waals surface area contributed by atoms with Gasteiger partial charge in [-0.15, -0.1) is 6.58 Å². The van der Waals surface area contributed by atoms with Crippen LogP contribution in [0.25, 0.3) is 0 Å². The first kappa shape index (κ1) is 13.4. The molecule has 0 saturated carbocycles. The van der Waals surface area contributed by atoms with Gasteiger partial charge in [-0.05, 0) is 23.3 Å². The summed E-state index contributed by atoms with van der Waals surface area (Å²) in [6.45, 7) is 3.76. The lowest BCUT2D eigenvalue weighted by molar-refractivity contribution is -0.137. The molecule has 1 atom stereocenters. The molecule has 0 aromatic heterocycles. The van der Waals surface area contributed by atoms with Gasteiger partial charge in [0.05, 0.1) is 5.56 Å². The molecule has 0 aliphatic heterocycles. The molecule has 0 heterocycles. The van der Waals surface area contributed by atoms with Crippen molar-refractivity contribution in [2.24, 2.45) is 0 Å². The van der Waals surface area contributed by atoms with E-state index in [9.17, 15) is 13.2 Å². The number of alkyl halides is 3. The summed E-state index contributed by atoms with van der Waals surface area (Å²) >= 11 is 0. The Morgan fingerprint density at radius 1 is 0.842 bits per heavy atom. The smallest absolute Gasteiger partial charge is 0.166 e. The summed E-state index contributed by atoms with van der Waals surface area (Å²) in [5.41, 5.74) is 1.18. The molecule has 98 valence electrons. The van der Waals surface area contributed by atoms with Crippen LogP contribution in [0.5, 0.6) is 0 Å². The largest absolute Gasteiger partial charge is 0.416 e. The van der Waals surface area contributed by atoms with E-state index in [4.69, 9.17) is 0 Å². The second kappa shape index (κ2) is 5.31. The van der Waals surface area contributed by atoms with E-state index in [1.54, 1.807) is 6.08 Å². The Balaban J connectivity index is 2.33. The van der Waals surface area contributed by atoms with Gasteiger partial charge in [-0.1, -0.05) is 48.5 Å². The summed E-state index contributed by atoms with van der Waals surface area (Å²) in [6, 6.07) is 14.8. The van der Waals surface area contributed by atoms with Crippen molar-refractivity contribution in [3.05, 3.63) is 83.9 Å². The van der Waals surface area contributed by atoms with Gasteiger partial charge in [0.15, 0.2) is 0 Å². The number of hydrogen-bond acceptors (Lipinski definition) is 0. The molecule has 0 radical (unpaired) electrons. The minimum Gasteiger partial charge on any atom is -0.166 e. The Morgan fingerprint density at radius 2 is 1.37 bits per heavy atom. The van der Waals surface area contributed by atoms with Crippen LogP contribution < -0.4 is 0 Å². The Hall–Kier alpha value is -2.03. The zero-order valence-electron chi connectivity index (χ0n) is 10.2. The van der Waals surface area contributed by atoms with Crippen molar-refractivity contribution in [1.29, 1.82) is 0 Å². The van der Waals surface area contributed by atoms with Crippen molar-refractivity contribution in [2.75, 3.05) is 0 Å². The van der Waals surface area contributed by atoms with Crippen molar-refractivity contribution >= 4 is 0 Å². The van der Waals surface area contributed by atoms with Gasteiger partial charge in [-0.3, -0.25) is 0 Å². The molecule has 1 unspecified atom stereocenters. The highest BCUT2D eigenvalue weighted by Gasteiger charge is 2.30. The van der Waals surface area contributed by atoms with Gasteiger partial charge < -0.3 is 0 Å². The highest BCUT2D eigenvalue weighted by atomic mass is 19.4. The molecule has 19 heavy (non-hydrogen) atoms. The zero-order valence-corrected chi connectivity index (χ0v) is 10.2. The molecule has 0 N–H and O–H groups in total. The lowest BCUT2D eigenvalue weighted by atomic mass is 9.91. The minimum atomic E-state index is -4.30. The zero-order chi connectivity index (χ0) is 13.9. The van der Waals surface area contributed by atoms with Gasteiger partial charge in [-0.2, -0.15) is 13.2 Å². The number of rotatable bonds is 3. The van der Waals surface area contributed by atoms with Crippen LogP contribution in [-0.2, 0) is 6.18 Å². The molecule has 0 bridgehead atoms. The highest BCUT2D eigenvalue weighted by Crippen LogP contribution is 2.31. The van der Waals surface area contributed by atoms with Crippen LogP contribution in [0.3, 0.4) is 0 Å². The average Bonchev–Trinajstić information content (AvgIpc) is 2.40. The fourth-order valence-electron chi connectivity index (χ4n) is 2.00. The first-order valence-corrected chi connectivity index (χ1v) is 5.87. The number of allylic oxidation sites excluding steroid dienone is 1. The molecule has 0 nitrogen and oxygen atoms in total. The molecule has 0 amide bonds. The highest BCUT2D eigenvalue weighted by molar-refractivity contribution is 5.37. The molecule has 0 aliphatic rings. The Kier molecular flexibility index (Phi) is 3.74. The molecule has 2 aromatic rings. The van der Waals surface area contributed by atoms with Crippen LogP contribution in [0.15, 0.2) is 67.3 Å². The first-order chi connectivity index (χ1) is 9.02. The van der Waals surface area contributed by atoms with Gasteiger partial charge in [0, 0.05) is 5.92 Å². The van der Waals surface area contributed by atoms with E-state index in [2.05, 4.69) is 6.58 Å². The fraction of sp³-hybridized carbons (Fsp3) is 0.125. The summed E-state index contributed by atoms with van der Waals surface area (Å²) in [5, 5.41) is 0. The Bertz CT molecular complexity index is 538. The van der Waals surface area contributed by atoms with Crippen molar-refractivity contribution < 1.29 is 13.2 Å². The topological polar surface area (TPSA) is 0 Å². The minimum absolute atomic E-state index is 0.0940. The maximum atomic E-state index is 12.5. The van der Waals surface area contributed by atoms with Gasteiger partial charge in [0.25, 0.3) is 0 Å². The normalized spacial score (nSPS) is 13.0. The van der Waals surface area contributed by atoms with Gasteiger partial charge in [-0.25, -0.2) is 0 Å². The lowest BCUT2D eigenvalue weighted by Gasteiger charge is -2.14. The first-order valence-electron chi connectivity index (χ1n) is 5.87. The van der Waals surface area contributed by atoms with Gasteiger partial charge >= 0.3 is 6.18 Å². The molecular weight excluding hydrogens is 249 g/mol. The van der Waals surface area contributed by atoms with Crippen LogP contribution in [-0.4, -0.2) is 0 Å². The molecule has 0 aliphatic carbocycles. The standard InChI is InChI=1S/C16H13F3/c1-2-15(12-6-4-3-5-7-12)13-8-10-14(11-9-13)16(17,18)19/h2-11,15H,1H2. The third-order valence-electron chi connectivity index (χ3n) is 2.99. The molecule has 3 heteroatoms. The number of halogens is 3. The van der Waals surface area contributed by atoms with Crippen LogP contribution in [0.1, 0.15) is 22.6 Å². The van der Waals surface area contributed by atoms with E-state index in [1.165, 1.54) is 12.1 Å². The molecule has 0 fully saturated rings. The van der Waals surface area contributed by atoms with Crippen molar-refractivity contribution in [3.63, 3.8) is 0 Å². The molecule has 2 rings (SSSR count). The van der Waals surface area contributed by atoms with E-state index in [0.717, 1.165) is 23.3 Å². The van der Waals surface area contributed by atoms with Crippen molar-refractivity contribution in [2.45, 2.75) is 12.1 Å². The number of hydrogen-bond donors (Lipinski definition) is 0. The van der Waals surface area contributed by atoms with E-state index < -0.39 is 11.7 Å². The van der Waals surface area contributed by atoms with E-state index in [0.29, 0.717) is 0 Å². The number of benzene rings is 2. The molecule has 0 saturated heterocycles. The van der Waals surface area contributed by atoms with Crippen LogP contribution in [0.2, 0.25) is 0 Å². The van der Waals surface area contributed by atoms with Crippen molar-refractivity contribution in [1.82, 2.24) is 0 Å². The summed E-state index contributed by atoms with van der Waals surface area (Å²) in [6.07, 6.45) is -2.56. The van der Waals surface area contributed by atoms with Crippen LogP contribution in [0, 0.1) is 0 Å². The maximum absolute atomic E-state index is 12.5. The summed E-state index contributed by atoms with van der Waals surface area (Å²) in [4.78, 5) is 0. The fourth-order valence-corrected chi connectivity index (χ4v) is 2.00. The van der Waals surface area contributed by atoms with Gasteiger partial charge in [0.2, 0.25) is 0 Å². The molecular formula is C16H13F3. The average molecular weight is 262 g/mol. The second-order valence-electron chi connectivity index (χ2n) is 4.24. The third kappa shape index (κ3) is 3.05. The second-order valence-corrected chi connectivity index (χ2v) is 4.24. The summed E-state index contributed by atoms with van der Waals surface area (Å²) in [5.74, 6) is -0.0940. The monoisotopic (exact) mass is 262 g/mol. The predicted molar refractivity (Wildman–Crippen MR) is 69.9 cm³/mol.